The molecule has 0 spiro atoms. The van der Waals surface area contributed by atoms with Crippen LogP contribution in [-0.2, 0) is 0 Å². The van der Waals surface area contributed by atoms with Crippen LogP contribution >= 0.6 is 12.6 Å². The van der Waals surface area contributed by atoms with Crippen LogP contribution in [0.4, 0.5) is 0 Å². The average molecular weight is 146 g/mol. The van der Waals surface area contributed by atoms with E-state index in [0.717, 1.165) is 0 Å². The molecule has 1 rings (SSSR count). The zero-order valence-corrected chi connectivity index (χ0v) is 5.00. The van der Waals surface area contributed by atoms with E-state index in [1.54, 1.807) is 0 Å². The molecule has 0 aromatic carbocycles. The lowest BCUT2D eigenvalue weighted by atomic mass is 10.7. The highest BCUT2D eigenvalue weighted by Crippen LogP contribution is 1.99. The van der Waals surface area contributed by atoms with Gasteiger partial charge in [-0.3, -0.25) is 0 Å². The normalized spacial score (nSPS) is 9.44. The van der Waals surface area contributed by atoms with Crippen molar-refractivity contribution in [2.24, 2.45) is 0 Å². The number of nitrogens with zero attached hydrogens (tertiary/aromatic N) is 2. The van der Waals surface area contributed by atoms with Crippen molar-refractivity contribution in [1.29, 1.82) is 0 Å². The van der Waals surface area contributed by atoms with Crippen molar-refractivity contribution in [1.82, 2.24) is 10.1 Å². The Labute approximate surface area is 55.1 Å². The highest BCUT2D eigenvalue weighted by atomic mass is 32.1. The van der Waals surface area contributed by atoms with Crippen molar-refractivity contribution < 1.29 is 14.4 Å². The largest absolute Gasteiger partial charge is 0.474 e. The van der Waals surface area contributed by atoms with Crippen molar-refractivity contribution in [2.45, 2.75) is 5.16 Å². The Morgan fingerprint density at radius 1 is 1.78 bits per heavy atom. The third-order valence-corrected chi connectivity index (χ3v) is 0.780. The van der Waals surface area contributed by atoms with E-state index in [1.807, 2.05) is 0 Å². The minimum absolute atomic E-state index is 0.0207. The fraction of sp³-hybridized carbons (Fsp3) is 0. The molecule has 0 aliphatic carbocycles. The highest BCUT2D eigenvalue weighted by molar-refractivity contribution is 7.80. The Kier molecular flexibility index (Phi) is 1.39. The van der Waals surface area contributed by atoms with Gasteiger partial charge in [-0.25, -0.2) is 4.79 Å². The van der Waals surface area contributed by atoms with Crippen LogP contribution in [0.15, 0.2) is 9.68 Å². The quantitative estimate of drug-likeness (QED) is 0.548. The number of carbonyl (C=O) groups is 1. The van der Waals surface area contributed by atoms with Gasteiger partial charge in [-0.15, -0.1) is 12.6 Å². The van der Waals surface area contributed by atoms with Crippen molar-refractivity contribution in [3.05, 3.63) is 5.89 Å². The number of thiol groups is 1. The van der Waals surface area contributed by atoms with Crippen LogP contribution in [0.2, 0.25) is 0 Å². The first-order chi connectivity index (χ1) is 4.20. The molecule has 5 nitrogen and oxygen atoms in total. The zero-order valence-electron chi connectivity index (χ0n) is 4.11. The van der Waals surface area contributed by atoms with E-state index in [0.29, 0.717) is 0 Å². The predicted octanol–water partition coefficient (Wildman–Crippen LogP) is 0.0565. The number of carboxylic acids is 1. The Balaban J connectivity index is 2.98. The van der Waals surface area contributed by atoms with Crippen molar-refractivity contribution >= 4 is 18.6 Å². The number of hydrogen-bond acceptors (Lipinski definition) is 5. The number of carboxylic acid groups (broad SMARTS) is 1. The molecule has 1 aromatic heterocycles. The molecule has 0 amide bonds. The Morgan fingerprint density at radius 2 is 2.44 bits per heavy atom. The number of rotatable bonds is 1. The van der Waals surface area contributed by atoms with E-state index in [1.165, 1.54) is 0 Å². The molecule has 0 unspecified atom stereocenters. The minimum Gasteiger partial charge on any atom is -0.474 e. The van der Waals surface area contributed by atoms with Crippen LogP contribution in [0.5, 0.6) is 0 Å². The molecule has 48 valence electrons. The van der Waals surface area contributed by atoms with Gasteiger partial charge in [0.25, 0.3) is 0 Å². The fourth-order valence-electron chi connectivity index (χ4n) is 0.303. The summed E-state index contributed by atoms with van der Waals surface area (Å²) >= 11 is 3.62. The second kappa shape index (κ2) is 2.06. The predicted molar refractivity (Wildman–Crippen MR) is 28.5 cm³/mol. The van der Waals surface area contributed by atoms with Crippen LogP contribution in [0.3, 0.4) is 0 Å². The smallest absolute Gasteiger partial charge is 0.394 e. The minimum atomic E-state index is -1.25. The SMILES string of the molecule is O=C(O)c1nc(S)no1. The Bertz CT molecular complexity index is 233. The van der Waals surface area contributed by atoms with Crippen molar-refractivity contribution in [2.75, 3.05) is 0 Å². The molecule has 0 saturated heterocycles. The molecule has 0 fully saturated rings. The van der Waals surface area contributed by atoms with E-state index >= 15 is 0 Å². The molecule has 0 bridgehead atoms. The van der Waals surface area contributed by atoms with Gasteiger partial charge in [-0.2, -0.15) is 4.98 Å². The van der Waals surface area contributed by atoms with Gasteiger partial charge in [-0.05, 0) is 5.16 Å². The second-order valence-electron chi connectivity index (χ2n) is 1.20. The number of hydrogen-bond donors (Lipinski definition) is 2. The molecule has 1 N–H and O–H groups in total. The first kappa shape index (κ1) is 6.09. The lowest BCUT2D eigenvalue weighted by molar-refractivity contribution is 0.0643. The van der Waals surface area contributed by atoms with E-state index in [9.17, 15) is 4.79 Å². The first-order valence-electron chi connectivity index (χ1n) is 1.96. The summed E-state index contributed by atoms with van der Waals surface area (Å²) < 4.78 is 4.19. The van der Waals surface area contributed by atoms with E-state index in [2.05, 4.69) is 27.3 Å². The van der Waals surface area contributed by atoms with Gasteiger partial charge in [0.15, 0.2) is 0 Å². The van der Waals surface area contributed by atoms with Gasteiger partial charge in [0.05, 0.1) is 0 Å². The summed E-state index contributed by atoms with van der Waals surface area (Å²) in [4.78, 5) is 13.3. The summed E-state index contributed by atoms with van der Waals surface area (Å²) in [5.41, 5.74) is 0. The van der Waals surface area contributed by atoms with Gasteiger partial charge < -0.3 is 9.63 Å². The summed E-state index contributed by atoms with van der Waals surface area (Å²) in [5.74, 6) is -1.69. The maximum Gasteiger partial charge on any atom is 0.394 e. The van der Waals surface area contributed by atoms with Crippen molar-refractivity contribution in [3.8, 4) is 0 Å². The maximum atomic E-state index is 9.98. The van der Waals surface area contributed by atoms with Gasteiger partial charge in [-0.1, -0.05) is 0 Å². The van der Waals surface area contributed by atoms with Crippen molar-refractivity contribution in [3.63, 3.8) is 0 Å². The van der Waals surface area contributed by atoms with Gasteiger partial charge >= 0.3 is 11.9 Å². The third-order valence-electron chi connectivity index (χ3n) is 0.598. The number of aromatic carboxylic acids is 1. The summed E-state index contributed by atoms with van der Waals surface area (Å²) in [7, 11) is 0. The molecule has 0 radical (unpaired) electrons. The van der Waals surface area contributed by atoms with Crippen LogP contribution in [0, 0.1) is 0 Å². The van der Waals surface area contributed by atoms with Crippen LogP contribution in [-0.4, -0.2) is 21.2 Å². The van der Waals surface area contributed by atoms with Gasteiger partial charge in [0, 0.05) is 0 Å². The Morgan fingerprint density at radius 3 is 2.67 bits per heavy atom. The maximum absolute atomic E-state index is 9.98. The second-order valence-corrected chi connectivity index (χ2v) is 1.60. The summed E-state index contributed by atoms with van der Waals surface area (Å²) in [5, 5.41) is 11.3. The third kappa shape index (κ3) is 1.20. The summed E-state index contributed by atoms with van der Waals surface area (Å²) in [6.07, 6.45) is 0. The monoisotopic (exact) mass is 146 g/mol. The van der Waals surface area contributed by atoms with E-state index in [4.69, 9.17) is 5.11 Å². The summed E-state index contributed by atoms with van der Waals surface area (Å²) in [6.45, 7) is 0. The van der Waals surface area contributed by atoms with E-state index in [-0.39, 0.29) is 5.16 Å². The standard InChI is InChI=1S/C3H2N2O3S/c6-2(7)1-4-3(9)5-8-1/h(H,5,9)(H,6,7). The lowest BCUT2D eigenvalue weighted by Crippen LogP contribution is -1.94. The van der Waals surface area contributed by atoms with Crippen LogP contribution in [0.25, 0.3) is 0 Å². The molecule has 6 heteroatoms. The molecule has 0 saturated carbocycles. The zero-order chi connectivity index (χ0) is 6.85. The molecule has 9 heavy (non-hydrogen) atoms. The fourth-order valence-corrected chi connectivity index (χ4v) is 0.434. The van der Waals surface area contributed by atoms with Crippen LogP contribution < -0.4 is 0 Å². The molecule has 0 atom stereocenters. The first-order valence-corrected chi connectivity index (χ1v) is 2.41. The van der Waals surface area contributed by atoms with Gasteiger partial charge in [0.1, 0.15) is 0 Å². The van der Waals surface area contributed by atoms with Gasteiger partial charge in [0.2, 0.25) is 5.16 Å². The van der Waals surface area contributed by atoms with E-state index < -0.39 is 11.9 Å². The molecule has 0 aliphatic rings. The average Bonchev–Trinajstić information content (AvgIpc) is 2.14. The Hall–Kier alpha value is -1.04. The lowest BCUT2D eigenvalue weighted by Gasteiger charge is -1.75. The molecular weight excluding hydrogens is 144 g/mol. The molecule has 1 aromatic rings. The molecular formula is C3H2N2O3S. The van der Waals surface area contributed by atoms with Crippen LogP contribution in [0.1, 0.15) is 10.7 Å². The highest BCUT2D eigenvalue weighted by Gasteiger charge is 2.09. The summed E-state index contributed by atoms with van der Waals surface area (Å²) in [6, 6.07) is 0. The topological polar surface area (TPSA) is 76.2 Å². The number of aromatic nitrogens is 2. The molecule has 0 aliphatic heterocycles. The molecule has 1 heterocycles.